The number of aryl methyl sites for hydroxylation is 1. The van der Waals surface area contributed by atoms with E-state index in [1.165, 1.54) is 38.5 Å². The van der Waals surface area contributed by atoms with Crippen molar-refractivity contribution in [3.63, 3.8) is 0 Å². The molecule has 1 N–H and O–H groups in total. The highest BCUT2D eigenvalue weighted by atomic mass is 16.2. The van der Waals surface area contributed by atoms with Gasteiger partial charge in [0.15, 0.2) is 5.82 Å². The first-order valence-corrected chi connectivity index (χ1v) is 9.08. The Balaban J connectivity index is 1.57. The zero-order chi connectivity index (χ0) is 16.2. The van der Waals surface area contributed by atoms with Gasteiger partial charge in [-0.25, -0.2) is 4.79 Å². The lowest BCUT2D eigenvalue weighted by Gasteiger charge is -2.36. The zero-order valence-corrected chi connectivity index (χ0v) is 14.4. The Bertz CT molecular complexity index is 541. The summed E-state index contributed by atoms with van der Waals surface area (Å²) in [7, 11) is 1.92. The van der Waals surface area contributed by atoms with Gasteiger partial charge in [0.05, 0.1) is 6.54 Å². The average molecular weight is 319 g/mol. The van der Waals surface area contributed by atoms with E-state index in [9.17, 15) is 4.79 Å². The van der Waals surface area contributed by atoms with E-state index in [1.807, 2.05) is 11.9 Å². The lowest BCUT2D eigenvalue weighted by atomic mass is 9.85. The van der Waals surface area contributed by atoms with Crippen LogP contribution in [0, 0.1) is 5.92 Å². The van der Waals surface area contributed by atoms with Gasteiger partial charge < -0.3 is 14.8 Å². The number of carbonyl (C=O) groups excluding carboxylic acids is 1. The second kappa shape index (κ2) is 7.32. The average Bonchev–Trinajstić information content (AvgIpc) is 2.79. The summed E-state index contributed by atoms with van der Waals surface area (Å²) in [6, 6.07) is 0.369. The molecule has 6 heteroatoms. The number of urea groups is 1. The highest BCUT2D eigenvalue weighted by Crippen LogP contribution is 2.27. The molecule has 1 aliphatic carbocycles. The van der Waals surface area contributed by atoms with Gasteiger partial charge in [-0.15, -0.1) is 10.2 Å². The summed E-state index contributed by atoms with van der Waals surface area (Å²) in [6.07, 6.45) is 9.46. The fourth-order valence-electron chi connectivity index (χ4n) is 3.98. The van der Waals surface area contributed by atoms with Crippen molar-refractivity contribution < 1.29 is 4.79 Å². The van der Waals surface area contributed by atoms with Gasteiger partial charge in [-0.05, 0) is 31.6 Å². The summed E-state index contributed by atoms with van der Waals surface area (Å²) in [5, 5.41) is 11.6. The molecule has 23 heavy (non-hydrogen) atoms. The van der Waals surface area contributed by atoms with Crippen molar-refractivity contribution in [1.82, 2.24) is 25.0 Å². The molecule has 1 aromatic rings. The molecule has 2 unspecified atom stereocenters. The minimum atomic E-state index is 0.00900. The maximum atomic E-state index is 12.5. The van der Waals surface area contributed by atoms with E-state index in [2.05, 4.69) is 27.0 Å². The van der Waals surface area contributed by atoms with E-state index < -0.39 is 0 Å². The van der Waals surface area contributed by atoms with Crippen molar-refractivity contribution in [2.45, 2.75) is 77.4 Å². The molecule has 2 heterocycles. The summed E-state index contributed by atoms with van der Waals surface area (Å²) in [5.74, 6) is 2.55. The summed E-state index contributed by atoms with van der Waals surface area (Å²) < 4.78 is 2.19. The van der Waals surface area contributed by atoms with Gasteiger partial charge in [0.1, 0.15) is 5.82 Å². The molecule has 0 aromatic carbocycles. The fourth-order valence-corrected chi connectivity index (χ4v) is 3.98. The Kier molecular flexibility index (Phi) is 5.18. The number of nitrogens with zero attached hydrogens (tertiary/aromatic N) is 4. The number of rotatable bonds is 3. The molecule has 0 bridgehead atoms. The van der Waals surface area contributed by atoms with Crippen LogP contribution >= 0.6 is 0 Å². The maximum absolute atomic E-state index is 12.5. The Morgan fingerprint density at radius 2 is 2.04 bits per heavy atom. The maximum Gasteiger partial charge on any atom is 0.317 e. The molecule has 2 aliphatic rings. The molecule has 128 valence electrons. The van der Waals surface area contributed by atoms with Crippen molar-refractivity contribution in [2.24, 2.45) is 5.92 Å². The van der Waals surface area contributed by atoms with Crippen molar-refractivity contribution in [2.75, 3.05) is 7.05 Å². The van der Waals surface area contributed by atoms with Crippen LogP contribution in [0.1, 0.15) is 63.5 Å². The number of hydrogen-bond donors (Lipinski definition) is 1. The molecule has 0 radical (unpaired) electrons. The van der Waals surface area contributed by atoms with E-state index in [1.54, 1.807) is 0 Å². The number of carbonyl (C=O) groups is 1. The second-order valence-electron chi connectivity index (χ2n) is 7.09. The van der Waals surface area contributed by atoms with E-state index in [0.29, 0.717) is 18.5 Å². The zero-order valence-electron chi connectivity index (χ0n) is 14.4. The molecule has 2 amide bonds. The summed E-state index contributed by atoms with van der Waals surface area (Å²) >= 11 is 0. The van der Waals surface area contributed by atoms with Crippen LogP contribution in [-0.2, 0) is 19.5 Å². The third-order valence-electron chi connectivity index (χ3n) is 5.47. The lowest BCUT2D eigenvalue weighted by molar-refractivity contribution is 0.144. The van der Waals surface area contributed by atoms with Gasteiger partial charge in [-0.3, -0.25) is 0 Å². The topological polar surface area (TPSA) is 63.1 Å². The predicted octanol–water partition coefficient (Wildman–Crippen LogP) is 2.72. The van der Waals surface area contributed by atoms with Crippen LogP contribution in [0.15, 0.2) is 0 Å². The van der Waals surface area contributed by atoms with Crippen molar-refractivity contribution >= 4 is 6.03 Å². The highest BCUT2D eigenvalue weighted by Gasteiger charge is 2.28. The largest absolute Gasteiger partial charge is 0.331 e. The molecule has 3 rings (SSSR count). The highest BCUT2D eigenvalue weighted by molar-refractivity contribution is 5.74. The third kappa shape index (κ3) is 3.67. The number of hydrogen-bond acceptors (Lipinski definition) is 3. The van der Waals surface area contributed by atoms with Crippen LogP contribution in [0.4, 0.5) is 4.79 Å². The Labute approximate surface area is 138 Å². The third-order valence-corrected chi connectivity index (χ3v) is 5.47. The molecule has 1 saturated carbocycles. The first-order chi connectivity index (χ1) is 11.2. The van der Waals surface area contributed by atoms with Gasteiger partial charge in [-0.1, -0.05) is 26.2 Å². The molecule has 1 fully saturated rings. The Morgan fingerprint density at radius 1 is 1.22 bits per heavy atom. The first-order valence-electron chi connectivity index (χ1n) is 9.08. The van der Waals surface area contributed by atoms with Crippen LogP contribution in [0.25, 0.3) is 0 Å². The Hall–Kier alpha value is -1.59. The number of nitrogens with one attached hydrogen (secondary N) is 1. The van der Waals surface area contributed by atoms with Crippen molar-refractivity contribution in [3.05, 3.63) is 11.6 Å². The van der Waals surface area contributed by atoms with Crippen molar-refractivity contribution in [1.29, 1.82) is 0 Å². The van der Waals surface area contributed by atoms with E-state index in [4.69, 9.17) is 0 Å². The molecular formula is C17H29N5O. The van der Waals surface area contributed by atoms with Gasteiger partial charge in [0, 0.05) is 26.1 Å². The van der Waals surface area contributed by atoms with Crippen LogP contribution in [0.3, 0.4) is 0 Å². The van der Waals surface area contributed by atoms with Gasteiger partial charge in [-0.2, -0.15) is 0 Å². The SMILES string of the molecule is CC1CCCCC1N(C)C(=O)NCc1nnc2n1CCCCC2. The molecule has 2 atom stereocenters. The molecule has 6 nitrogen and oxygen atoms in total. The molecule has 0 spiro atoms. The predicted molar refractivity (Wildman–Crippen MR) is 89.0 cm³/mol. The molecule has 0 saturated heterocycles. The van der Waals surface area contributed by atoms with Crippen LogP contribution in [0.5, 0.6) is 0 Å². The number of aromatic nitrogens is 3. The van der Waals surface area contributed by atoms with Crippen molar-refractivity contribution in [3.8, 4) is 0 Å². The van der Waals surface area contributed by atoms with E-state index in [0.717, 1.165) is 31.0 Å². The molecular weight excluding hydrogens is 290 g/mol. The first kappa shape index (κ1) is 16.3. The van der Waals surface area contributed by atoms with Gasteiger partial charge >= 0.3 is 6.03 Å². The lowest BCUT2D eigenvalue weighted by Crippen LogP contribution is -2.47. The van der Waals surface area contributed by atoms with Crippen LogP contribution in [-0.4, -0.2) is 38.8 Å². The summed E-state index contributed by atoms with van der Waals surface area (Å²) in [4.78, 5) is 14.4. The normalized spacial score (nSPS) is 24.6. The van der Waals surface area contributed by atoms with Crippen LogP contribution < -0.4 is 5.32 Å². The van der Waals surface area contributed by atoms with Crippen LogP contribution in [0.2, 0.25) is 0 Å². The van der Waals surface area contributed by atoms with Gasteiger partial charge in [0.25, 0.3) is 0 Å². The molecule has 1 aromatic heterocycles. The quantitative estimate of drug-likeness (QED) is 0.932. The smallest absolute Gasteiger partial charge is 0.317 e. The standard InChI is InChI=1S/C17H29N5O/c1-13-8-5-6-9-14(13)21(2)17(23)18-12-16-20-19-15-10-4-3-7-11-22(15)16/h13-14H,3-12H2,1-2H3,(H,18,23). The molecule has 1 aliphatic heterocycles. The summed E-state index contributed by atoms with van der Waals surface area (Å²) in [5.41, 5.74) is 0. The second-order valence-corrected chi connectivity index (χ2v) is 7.09. The van der Waals surface area contributed by atoms with E-state index >= 15 is 0 Å². The Morgan fingerprint density at radius 3 is 2.87 bits per heavy atom. The van der Waals surface area contributed by atoms with E-state index in [-0.39, 0.29) is 6.03 Å². The number of fused-ring (bicyclic) bond motifs is 1. The fraction of sp³-hybridized carbons (Fsp3) is 0.824. The number of amides is 2. The monoisotopic (exact) mass is 319 g/mol. The summed E-state index contributed by atoms with van der Waals surface area (Å²) in [6.45, 7) is 3.70. The minimum Gasteiger partial charge on any atom is -0.331 e. The minimum absolute atomic E-state index is 0.00900. The van der Waals surface area contributed by atoms with Gasteiger partial charge in [0.2, 0.25) is 0 Å².